The third kappa shape index (κ3) is 5.41. The van der Waals surface area contributed by atoms with Crippen LogP contribution in [0.2, 0.25) is 0 Å². The number of carbonyl (C=O) groups is 1. The number of carboxylic acids is 1. The zero-order chi connectivity index (χ0) is 19.0. The highest BCUT2D eigenvalue weighted by Crippen LogP contribution is 2.22. The highest BCUT2D eigenvalue weighted by molar-refractivity contribution is 5.78. The fraction of sp³-hybridized carbons (Fsp3) is 0.579. The number of hydrogen-bond donors (Lipinski definition) is 3. The molecule has 1 saturated heterocycles. The molecular weight excluding hydrogens is 350 g/mol. The number of nitrogens with one attached hydrogen (secondary N) is 2. The second-order valence-electron chi connectivity index (χ2n) is 6.76. The lowest BCUT2D eigenvalue weighted by atomic mass is 10.0. The SMILES string of the molecule is O=C(O)C1(OCCCCCCCOc2ccc(C3=CCNN3)nc2)COC1. The van der Waals surface area contributed by atoms with Gasteiger partial charge in [0.2, 0.25) is 5.60 Å². The van der Waals surface area contributed by atoms with E-state index in [0.29, 0.717) is 13.2 Å². The fourth-order valence-electron chi connectivity index (χ4n) is 2.89. The van der Waals surface area contributed by atoms with Gasteiger partial charge < -0.3 is 24.7 Å². The van der Waals surface area contributed by atoms with Gasteiger partial charge in [0.05, 0.1) is 37.4 Å². The quantitative estimate of drug-likeness (QED) is 0.474. The number of unbranched alkanes of at least 4 members (excludes halogenated alkanes) is 4. The Morgan fingerprint density at radius 1 is 1.19 bits per heavy atom. The lowest BCUT2D eigenvalue weighted by Crippen LogP contribution is -2.58. The van der Waals surface area contributed by atoms with Crippen LogP contribution in [-0.2, 0) is 14.3 Å². The van der Waals surface area contributed by atoms with Crippen molar-refractivity contribution in [1.29, 1.82) is 0 Å². The van der Waals surface area contributed by atoms with Crippen molar-refractivity contribution < 1.29 is 24.1 Å². The van der Waals surface area contributed by atoms with Crippen molar-refractivity contribution in [2.75, 3.05) is 33.0 Å². The monoisotopic (exact) mass is 377 g/mol. The van der Waals surface area contributed by atoms with Crippen LogP contribution in [0.5, 0.6) is 5.75 Å². The first-order chi connectivity index (χ1) is 13.2. The minimum Gasteiger partial charge on any atom is -0.492 e. The summed E-state index contributed by atoms with van der Waals surface area (Å²) in [7, 11) is 0. The number of ether oxygens (including phenoxy) is 3. The van der Waals surface area contributed by atoms with E-state index in [0.717, 1.165) is 55.8 Å². The third-order valence-electron chi connectivity index (χ3n) is 4.64. The number of carboxylic acid groups (broad SMARTS) is 1. The molecule has 1 fully saturated rings. The molecule has 0 aromatic carbocycles. The molecule has 8 heteroatoms. The van der Waals surface area contributed by atoms with Crippen molar-refractivity contribution in [1.82, 2.24) is 15.8 Å². The summed E-state index contributed by atoms with van der Waals surface area (Å²) in [5.74, 6) is -0.151. The Hall–Kier alpha value is -2.16. The van der Waals surface area contributed by atoms with Crippen LogP contribution < -0.4 is 15.6 Å². The largest absolute Gasteiger partial charge is 0.492 e. The van der Waals surface area contributed by atoms with E-state index in [4.69, 9.17) is 19.3 Å². The maximum Gasteiger partial charge on any atom is 0.340 e. The minimum atomic E-state index is -1.10. The number of hydrazine groups is 1. The van der Waals surface area contributed by atoms with E-state index in [9.17, 15) is 4.79 Å². The Kier molecular flexibility index (Phi) is 7.03. The molecule has 3 N–H and O–H groups in total. The Morgan fingerprint density at radius 3 is 2.56 bits per heavy atom. The number of pyridine rings is 1. The van der Waals surface area contributed by atoms with E-state index >= 15 is 0 Å². The summed E-state index contributed by atoms with van der Waals surface area (Å²) in [6.07, 6.45) is 8.80. The van der Waals surface area contributed by atoms with E-state index in [1.54, 1.807) is 6.20 Å². The lowest BCUT2D eigenvalue weighted by Gasteiger charge is -2.36. The molecule has 0 radical (unpaired) electrons. The van der Waals surface area contributed by atoms with Crippen molar-refractivity contribution in [2.45, 2.75) is 37.7 Å². The van der Waals surface area contributed by atoms with Gasteiger partial charge in [0.1, 0.15) is 5.75 Å². The molecule has 0 spiro atoms. The Bertz CT molecular complexity index is 643. The first-order valence-corrected chi connectivity index (χ1v) is 9.43. The standard InChI is InChI=1S/C19H27N3O5/c23-18(24)19(13-25-14-19)27-11-5-3-1-2-4-10-26-15-6-7-16(20-12-15)17-8-9-21-22-17/h6-8,12,21-22H,1-5,9-11,13-14H2,(H,23,24). The molecule has 2 aliphatic heterocycles. The molecule has 1 aromatic heterocycles. The molecule has 27 heavy (non-hydrogen) atoms. The number of hydrogen-bond acceptors (Lipinski definition) is 7. The molecule has 8 nitrogen and oxygen atoms in total. The molecule has 1 aromatic rings. The first-order valence-electron chi connectivity index (χ1n) is 9.43. The van der Waals surface area contributed by atoms with Gasteiger partial charge >= 0.3 is 5.97 Å². The maximum atomic E-state index is 11.1. The van der Waals surface area contributed by atoms with Gasteiger partial charge in [0.15, 0.2) is 0 Å². The molecule has 3 heterocycles. The summed E-state index contributed by atoms with van der Waals surface area (Å²) in [6.45, 7) is 2.24. The molecule has 2 aliphatic rings. The molecule has 0 amide bonds. The van der Waals surface area contributed by atoms with Crippen LogP contribution in [-0.4, -0.2) is 54.6 Å². The Balaban J connectivity index is 1.20. The van der Waals surface area contributed by atoms with Gasteiger partial charge in [-0.05, 0) is 31.1 Å². The molecule has 0 saturated carbocycles. The highest BCUT2D eigenvalue weighted by atomic mass is 16.6. The number of nitrogens with zero attached hydrogens (tertiary/aromatic N) is 1. The normalized spacial score (nSPS) is 17.7. The Labute approximate surface area is 158 Å². The summed E-state index contributed by atoms with van der Waals surface area (Å²) in [6, 6.07) is 3.88. The molecule has 3 rings (SSSR count). The smallest absolute Gasteiger partial charge is 0.340 e. The Morgan fingerprint density at radius 2 is 1.96 bits per heavy atom. The van der Waals surface area contributed by atoms with Gasteiger partial charge in [-0.25, -0.2) is 10.2 Å². The third-order valence-corrected chi connectivity index (χ3v) is 4.64. The maximum absolute atomic E-state index is 11.1. The van der Waals surface area contributed by atoms with Gasteiger partial charge in [0.25, 0.3) is 0 Å². The zero-order valence-corrected chi connectivity index (χ0v) is 15.4. The molecule has 148 valence electrons. The molecule has 0 bridgehead atoms. The van der Waals surface area contributed by atoms with E-state index in [1.807, 2.05) is 12.1 Å². The summed E-state index contributed by atoms with van der Waals surface area (Å²) in [5.41, 5.74) is 6.86. The van der Waals surface area contributed by atoms with Gasteiger partial charge in [-0.1, -0.05) is 19.3 Å². The average Bonchev–Trinajstić information content (AvgIpc) is 3.17. The van der Waals surface area contributed by atoms with Crippen LogP contribution in [0.4, 0.5) is 0 Å². The van der Waals surface area contributed by atoms with E-state index in [1.165, 1.54) is 0 Å². The van der Waals surface area contributed by atoms with E-state index < -0.39 is 11.6 Å². The van der Waals surface area contributed by atoms with Crippen LogP contribution >= 0.6 is 0 Å². The van der Waals surface area contributed by atoms with E-state index in [-0.39, 0.29) is 13.2 Å². The van der Waals surface area contributed by atoms with Crippen molar-refractivity contribution in [3.8, 4) is 5.75 Å². The predicted octanol–water partition coefficient (Wildman–Crippen LogP) is 1.73. The zero-order valence-electron chi connectivity index (χ0n) is 15.4. The van der Waals surface area contributed by atoms with Crippen molar-refractivity contribution >= 4 is 11.7 Å². The van der Waals surface area contributed by atoms with E-state index in [2.05, 4.69) is 21.9 Å². The van der Waals surface area contributed by atoms with Gasteiger partial charge in [-0.3, -0.25) is 4.98 Å². The number of aliphatic carboxylic acids is 1. The minimum absolute atomic E-state index is 0.153. The second-order valence-corrected chi connectivity index (χ2v) is 6.76. The number of rotatable bonds is 12. The molecule has 0 aliphatic carbocycles. The summed E-state index contributed by atoms with van der Waals surface area (Å²) in [5, 5.41) is 9.12. The van der Waals surface area contributed by atoms with Crippen LogP contribution in [0, 0.1) is 0 Å². The summed E-state index contributed by atoms with van der Waals surface area (Å²) >= 11 is 0. The lowest BCUT2D eigenvalue weighted by molar-refractivity contribution is -0.224. The number of aromatic nitrogens is 1. The summed E-state index contributed by atoms with van der Waals surface area (Å²) < 4.78 is 16.2. The molecule has 0 atom stereocenters. The first kappa shape index (κ1) is 19.6. The van der Waals surface area contributed by atoms with Gasteiger partial charge in [0, 0.05) is 13.2 Å². The van der Waals surface area contributed by atoms with Crippen LogP contribution in [0.15, 0.2) is 24.4 Å². The summed E-state index contributed by atoms with van der Waals surface area (Å²) in [4.78, 5) is 15.5. The second kappa shape index (κ2) is 9.68. The fourth-order valence-corrected chi connectivity index (χ4v) is 2.89. The topological polar surface area (TPSA) is 102 Å². The van der Waals surface area contributed by atoms with Crippen LogP contribution in [0.25, 0.3) is 5.70 Å². The van der Waals surface area contributed by atoms with Crippen molar-refractivity contribution in [2.24, 2.45) is 0 Å². The van der Waals surface area contributed by atoms with Crippen molar-refractivity contribution in [3.63, 3.8) is 0 Å². The van der Waals surface area contributed by atoms with Gasteiger partial charge in [-0.15, -0.1) is 0 Å². The van der Waals surface area contributed by atoms with Crippen LogP contribution in [0.1, 0.15) is 37.8 Å². The van der Waals surface area contributed by atoms with Crippen LogP contribution in [0.3, 0.4) is 0 Å². The highest BCUT2D eigenvalue weighted by Gasteiger charge is 2.47. The average molecular weight is 377 g/mol. The van der Waals surface area contributed by atoms with Crippen molar-refractivity contribution in [3.05, 3.63) is 30.1 Å². The predicted molar refractivity (Wildman–Crippen MR) is 99.1 cm³/mol. The van der Waals surface area contributed by atoms with Gasteiger partial charge in [-0.2, -0.15) is 0 Å². The molecular formula is C19H27N3O5. The molecule has 0 unspecified atom stereocenters.